The molecule has 0 bridgehead atoms. The van der Waals surface area contributed by atoms with E-state index in [1.807, 2.05) is 30.3 Å². The van der Waals surface area contributed by atoms with E-state index in [0.717, 1.165) is 4.90 Å². The van der Waals surface area contributed by atoms with E-state index in [1.165, 1.54) is 0 Å². The van der Waals surface area contributed by atoms with Crippen molar-refractivity contribution < 1.29 is 4.79 Å². The van der Waals surface area contributed by atoms with Gasteiger partial charge in [-0.2, -0.15) is 0 Å². The number of thioether (sulfide) groups is 1. The van der Waals surface area contributed by atoms with Gasteiger partial charge in [0.1, 0.15) is 0 Å². The van der Waals surface area contributed by atoms with Crippen molar-refractivity contribution in [1.82, 2.24) is 5.32 Å². The quantitative estimate of drug-likeness (QED) is 0.680. The lowest BCUT2D eigenvalue weighted by Crippen LogP contribution is -2.22. The van der Waals surface area contributed by atoms with Crippen LogP contribution in [0.25, 0.3) is 0 Å². The van der Waals surface area contributed by atoms with Gasteiger partial charge in [-0.05, 0) is 36.4 Å². The van der Waals surface area contributed by atoms with Gasteiger partial charge in [0.15, 0.2) is 0 Å². The molecule has 92 valence electrons. The lowest BCUT2D eigenvalue weighted by molar-refractivity contribution is 0.0961. The van der Waals surface area contributed by atoms with Crippen molar-refractivity contribution in [2.45, 2.75) is 4.90 Å². The normalized spacial score (nSPS) is 10.1. The van der Waals surface area contributed by atoms with E-state index in [0.29, 0.717) is 16.5 Å². The number of carbonyl (C=O) groups excluding carboxylic acids is 1. The molecular weight excluding hydrogens is 266 g/mol. The first-order valence-corrected chi connectivity index (χ1v) is 6.84. The second-order valence-electron chi connectivity index (χ2n) is 3.61. The van der Waals surface area contributed by atoms with Gasteiger partial charge < -0.3 is 5.32 Å². The van der Waals surface area contributed by atoms with Gasteiger partial charge >= 0.3 is 0 Å². The monoisotopic (exact) mass is 277 g/mol. The average molecular weight is 278 g/mol. The molecule has 0 heterocycles. The van der Waals surface area contributed by atoms with Gasteiger partial charge in [-0.3, -0.25) is 4.79 Å². The first-order chi connectivity index (χ1) is 8.75. The number of hydrogen-bond donors (Lipinski definition) is 1. The van der Waals surface area contributed by atoms with E-state index >= 15 is 0 Å². The molecule has 1 N–H and O–H groups in total. The molecule has 0 aromatic heterocycles. The van der Waals surface area contributed by atoms with Crippen LogP contribution < -0.4 is 5.32 Å². The highest BCUT2D eigenvalue weighted by atomic mass is 35.5. The van der Waals surface area contributed by atoms with Crippen molar-refractivity contribution >= 4 is 29.3 Å². The third kappa shape index (κ3) is 3.79. The number of carbonyl (C=O) groups is 1. The molecule has 0 saturated heterocycles. The van der Waals surface area contributed by atoms with Crippen molar-refractivity contribution in [2.75, 3.05) is 5.88 Å². The highest BCUT2D eigenvalue weighted by Crippen LogP contribution is 2.15. The predicted octanol–water partition coefficient (Wildman–Crippen LogP) is 3.82. The van der Waals surface area contributed by atoms with Crippen molar-refractivity contribution in [3.8, 4) is 0 Å². The van der Waals surface area contributed by atoms with Crippen LogP contribution in [0.2, 0.25) is 5.02 Å². The molecule has 0 unspecified atom stereocenters. The molecule has 0 atom stereocenters. The standard InChI is InChI=1S/C14H12ClNOS/c15-12-8-6-11(7-9-12)14(17)16-10-18-13-4-2-1-3-5-13/h1-9H,10H2,(H,16,17). The fraction of sp³-hybridized carbons (Fsp3) is 0.0714. The van der Waals surface area contributed by atoms with E-state index in [9.17, 15) is 4.79 Å². The van der Waals surface area contributed by atoms with Crippen LogP contribution in [0.15, 0.2) is 59.5 Å². The summed E-state index contributed by atoms with van der Waals surface area (Å²) in [6, 6.07) is 16.8. The third-order valence-electron chi connectivity index (χ3n) is 2.32. The van der Waals surface area contributed by atoms with Crippen LogP contribution in [0, 0.1) is 0 Å². The summed E-state index contributed by atoms with van der Waals surface area (Å²) in [4.78, 5) is 12.9. The fourth-order valence-corrected chi connectivity index (χ4v) is 2.25. The zero-order valence-corrected chi connectivity index (χ0v) is 11.2. The Morgan fingerprint density at radius 3 is 2.39 bits per heavy atom. The zero-order chi connectivity index (χ0) is 12.8. The van der Waals surface area contributed by atoms with E-state index in [-0.39, 0.29) is 5.91 Å². The SMILES string of the molecule is O=C(NCSc1ccccc1)c1ccc(Cl)cc1. The number of hydrogen-bond acceptors (Lipinski definition) is 2. The largest absolute Gasteiger partial charge is 0.343 e. The molecule has 1 amide bonds. The maximum absolute atomic E-state index is 11.8. The van der Waals surface area contributed by atoms with Crippen molar-refractivity contribution in [1.29, 1.82) is 0 Å². The van der Waals surface area contributed by atoms with Gasteiger partial charge in [0.05, 0.1) is 5.88 Å². The molecule has 0 aliphatic heterocycles. The second-order valence-corrected chi connectivity index (χ2v) is 5.10. The molecule has 0 radical (unpaired) electrons. The van der Waals surface area contributed by atoms with Gasteiger partial charge in [0.25, 0.3) is 5.91 Å². The summed E-state index contributed by atoms with van der Waals surface area (Å²) in [6.45, 7) is 0. The summed E-state index contributed by atoms with van der Waals surface area (Å²) in [7, 11) is 0. The van der Waals surface area contributed by atoms with E-state index in [1.54, 1.807) is 36.0 Å². The van der Waals surface area contributed by atoms with Gasteiger partial charge in [-0.15, -0.1) is 11.8 Å². The molecule has 2 aromatic carbocycles. The van der Waals surface area contributed by atoms with Crippen LogP contribution in [0.5, 0.6) is 0 Å². The molecule has 2 rings (SSSR count). The van der Waals surface area contributed by atoms with Crippen LogP contribution in [0.1, 0.15) is 10.4 Å². The molecule has 0 saturated carbocycles. The van der Waals surface area contributed by atoms with Gasteiger partial charge in [-0.25, -0.2) is 0 Å². The smallest absolute Gasteiger partial charge is 0.251 e. The Balaban J connectivity index is 1.84. The predicted molar refractivity (Wildman–Crippen MR) is 76.1 cm³/mol. The lowest BCUT2D eigenvalue weighted by Gasteiger charge is -2.05. The summed E-state index contributed by atoms with van der Waals surface area (Å²) in [6.07, 6.45) is 0. The Labute approximate surface area is 115 Å². The number of halogens is 1. The molecule has 0 aliphatic rings. The zero-order valence-electron chi connectivity index (χ0n) is 9.60. The van der Waals surface area contributed by atoms with Crippen LogP contribution >= 0.6 is 23.4 Å². The van der Waals surface area contributed by atoms with Crippen molar-refractivity contribution in [3.63, 3.8) is 0 Å². The molecule has 2 nitrogen and oxygen atoms in total. The fourth-order valence-electron chi connectivity index (χ4n) is 1.41. The Kier molecular flexibility index (Phi) is 4.67. The number of amides is 1. The van der Waals surface area contributed by atoms with Crippen molar-refractivity contribution in [2.24, 2.45) is 0 Å². The third-order valence-corrected chi connectivity index (χ3v) is 3.47. The van der Waals surface area contributed by atoms with E-state index < -0.39 is 0 Å². The summed E-state index contributed by atoms with van der Waals surface area (Å²) in [5.41, 5.74) is 0.619. The molecular formula is C14H12ClNOS. The summed E-state index contributed by atoms with van der Waals surface area (Å²) in [5, 5.41) is 3.48. The first kappa shape index (κ1) is 13.0. The molecule has 18 heavy (non-hydrogen) atoms. The topological polar surface area (TPSA) is 29.1 Å². The maximum atomic E-state index is 11.8. The highest BCUT2D eigenvalue weighted by molar-refractivity contribution is 7.99. The van der Waals surface area contributed by atoms with Gasteiger partial charge in [0, 0.05) is 15.5 Å². The highest BCUT2D eigenvalue weighted by Gasteiger charge is 2.04. The van der Waals surface area contributed by atoms with Crippen LogP contribution in [-0.2, 0) is 0 Å². The van der Waals surface area contributed by atoms with Crippen molar-refractivity contribution in [3.05, 3.63) is 65.2 Å². The van der Waals surface area contributed by atoms with Gasteiger partial charge in [0.2, 0.25) is 0 Å². The molecule has 0 spiro atoms. The number of rotatable bonds is 4. The Morgan fingerprint density at radius 1 is 1.06 bits per heavy atom. The minimum absolute atomic E-state index is 0.0879. The molecule has 0 fully saturated rings. The average Bonchev–Trinajstić information content (AvgIpc) is 2.40. The Hall–Kier alpha value is -1.45. The Bertz CT molecular complexity index is 513. The van der Waals surface area contributed by atoms with E-state index in [2.05, 4.69) is 5.32 Å². The summed E-state index contributed by atoms with van der Waals surface area (Å²) >= 11 is 7.35. The first-order valence-electron chi connectivity index (χ1n) is 5.47. The molecule has 4 heteroatoms. The Morgan fingerprint density at radius 2 is 1.72 bits per heavy atom. The van der Waals surface area contributed by atoms with Crippen LogP contribution in [0.3, 0.4) is 0 Å². The van der Waals surface area contributed by atoms with Gasteiger partial charge in [-0.1, -0.05) is 29.8 Å². The molecule has 2 aromatic rings. The minimum Gasteiger partial charge on any atom is -0.343 e. The number of benzene rings is 2. The summed E-state index contributed by atoms with van der Waals surface area (Å²) < 4.78 is 0. The van der Waals surface area contributed by atoms with E-state index in [4.69, 9.17) is 11.6 Å². The lowest BCUT2D eigenvalue weighted by atomic mass is 10.2. The van der Waals surface area contributed by atoms with Crippen LogP contribution in [0.4, 0.5) is 0 Å². The summed E-state index contributed by atoms with van der Waals surface area (Å²) in [5.74, 6) is 0.459. The molecule has 0 aliphatic carbocycles. The maximum Gasteiger partial charge on any atom is 0.251 e. The second kappa shape index (κ2) is 6.47. The number of nitrogens with one attached hydrogen (secondary N) is 1. The van der Waals surface area contributed by atoms with Crippen LogP contribution in [-0.4, -0.2) is 11.8 Å². The minimum atomic E-state index is -0.0879.